The van der Waals surface area contributed by atoms with E-state index in [1.807, 2.05) is 4.68 Å². The van der Waals surface area contributed by atoms with Crippen molar-refractivity contribution in [1.82, 2.24) is 25.7 Å². The van der Waals surface area contributed by atoms with Crippen LogP contribution in [0.15, 0.2) is 11.2 Å². The molecule has 1 aromatic heterocycles. The van der Waals surface area contributed by atoms with Crippen LogP contribution in [0.3, 0.4) is 0 Å². The van der Waals surface area contributed by atoms with Gasteiger partial charge in [0, 0.05) is 51.8 Å². The fourth-order valence-electron chi connectivity index (χ4n) is 2.71. The summed E-state index contributed by atoms with van der Waals surface area (Å²) in [6, 6.07) is 0.736. The van der Waals surface area contributed by atoms with Crippen LogP contribution in [-0.4, -0.2) is 47.8 Å². The molecule has 1 amide bonds. The molecule has 7 nitrogen and oxygen atoms in total. The lowest BCUT2D eigenvalue weighted by Crippen LogP contribution is -2.47. The summed E-state index contributed by atoms with van der Waals surface area (Å²) in [5.74, 6) is 0.752. The molecule has 1 aliphatic carbocycles. The largest absolute Gasteiger partial charge is 0.355 e. The summed E-state index contributed by atoms with van der Waals surface area (Å²) in [7, 11) is 1.76. The van der Waals surface area contributed by atoms with Gasteiger partial charge in [0.15, 0.2) is 5.96 Å². The molecule has 0 aliphatic heterocycles. The van der Waals surface area contributed by atoms with Crippen LogP contribution in [0.2, 0.25) is 0 Å². The predicted molar refractivity (Wildman–Crippen MR) is 91.6 cm³/mol. The Labute approximate surface area is 137 Å². The first-order valence-electron chi connectivity index (χ1n) is 8.28. The smallest absolute Gasteiger partial charge is 0.216 e. The minimum atomic E-state index is -0.0182. The monoisotopic (exact) mass is 320 g/mol. The average molecular weight is 320 g/mol. The molecular weight excluding hydrogens is 292 g/mol. The number of nitrogens with zero attached hydrogens (tertiary/aromatic N) is 3. The van der Waals surface area contributed by atoms with Crippen LogP contribution in [0, 0.1) is 0 Å². The Morgan fingerprint density at radius 1 is 1.43 bits per heavy atom. The summed E-state index contributed by atoms with van der Waals surface area (Å²) in [4.78, 5) is 15.1. The molecule has 1 heterocycles. The average Bonchev–Trinajstić information content (AvgIpc) is 2.93. The number of aromatic nitrogens is 2. The highest BCUT2D eigenvalue weighted by atomic mass is 16.1. The molecule has 0 radical (unpaired) electrons. The van der Waals surface area contributed by atoms with Crippen molar-refractivity contribution in [3.05, 3.63) is 17.5 Å². The van der Waals surface area contributed by atoms with Crippen molar-refractivity contribution >= 4 is 11.9 Å². The highest BCUT2D eigenvalue weighted by molar-refractivity contribution is 5.80. The van der Waals surface area contributed by atoms with E-state index in [1.165, 1.54) is 18.2 Å². The van der Waals surface area contributed by atoms with Crippen molar-refractivity contribution < 1.29 is 4.79 Å². The lowest BCUT2D eigenvalue weighted by molar-refractivity contribution is -0.118. The Hall–Kier alpha value is -2.05. The Kier molecular flexibility index (Phi) is 6.01. The Bertz CT molecular complexity index is 563. The van der Waals surface area contributed by atoms with E-state index in [2.05, 4.69) is 41.0 Å². The first-order valence-corrected chi connectivity index (χ1v) is 8.28. The fraction of sp³-hybridized carbons (Fsp3) is 0.688. The maximum absolute atomic E-state index is 10.8. The van der Waals surface area contributed by atoms with Crippen molar-refractivity contribution in [3.63, 3.8) is 0 Å². The third-order valence-corrected chi connectivity index (χ3v) is 3.98. The Balaban J connectivity index is 1.84. The van der Waals surface area contributed by atoms with Gasteiger partial charge in [-0.25, -0.2) is 0 Å². The van der Waals surface area contributed by atoms with Gasteiger partial charge in [-0.15, -0.1) is 0 Å². The van der Waals surface area contributed by atoms with Crippen LogP contribution in [0.4, 0.5) is 0 Å². The first-order chi connectivity index (χ1) is 11.0. The zero-order valence-electron chi connectivity index (χ0n) is 14.5. The molecule has 128 valence electrons. The van der Waals surface area contributed by atoms with Gasteiger partial charge in [-0.05, 0) is 32.3 Å². The van der Waals surface area contributed by atoms with Crippen LogP contribution in [0.1, 0.15) is 44.5 Å². The van der Waals surface area contributed by atoms with Crippen LogP contribution in [0.5, 0.6) is 0 Å². The topological polar surface area (TPSA) is 83.3 Å². The Morgan fingerprint density at radius 3 is 2.83 bits per heavy atom. The van der Waals surface area contributed by atoms with E-state index in [9.17, 15) is 4.79 Å². The van der Waals surface area contributed by atoms with Gasteiger partial charge in [-0.1, -0.05) is 0 Å². The number of hydrogen-bond acceptors (Lipinski definition) is 3. The molecule has 0 aromatic carbocycles. The Morgan fingerprint density at radius 2 is 2.17 bits per heavy atom. The number of guanidine groups is 1. The number of nitrogens with one attached hydrogen (secondary N) is 3. The molecule has 2 rings (SSSR count). The number of carbonyl (C=O) groups excluding carboxylic acids is 1. The summed E-state index contributed by atoms with van der Waals surface area (Å²) in [5.41, 5.74) is 2.56. The van der Waals surface area contributed by atoms with Crippen LogP contribution >= 0.6 is 0 Å². The SMILES string of the molecule is CN=C(NCCNC(C)=O)NC1CCc2cn(C(C)C)nc2C1. The lowest BCUT2D eigenvalue weighted by atomic mass is 9.94. The van der Waals surface area contributed by atoms with E-state index in [4.69, 9.17) is 5.10 Å². The summed E-state index contributed by atoms with van der Waals surface area (Å²) in [6.45, 7) is 7.05. The zero-order chi connectivity index (χ0) is 16.8. The normalized spacial score (nSPS) is 17.8. The minimum absolute atomic E-state index is 0.0182. The summed E-state index contributed by atoms with van der Waals surface area (Å²) >= 11 is 0. The number of carbonyl (C=O) groups is 1. The molecule has 7 heteroatoms. The van der Waals surface area contributed by atoms with Crippen LogP contribution in [-0.2, 0) is 17.6 Å². The molecule has 0 spiro atoms. The fourth-order valence-corrected chi connectivity index (χ4v) is 2.71. The van der Waals surface area contributed by atoms with Crippen molar-refractivity contribution in [2.75, 3.05) is 20.1 Å². The molecule has 1 atom stereocenters. The molecule has 0 fully saturated rings. The van der Waals surface area contributed by atoms with Gasteiger partial charge < -0.3 is 16.0 Å². The van der Waals surface area contributed by atoms with Crippen molar-refractivity contribution in [2.45, 2.75) is 52.1 Å². The van der Waals surface area contributed by atoms with Crippen molar-refractivity contribution in [3.8, 4) is 0 Å². The van der Waals surface area contributed by atoms with Crippen molar-refractivity contribution in [2.24, 2.45) is 4.99 Å². The first kappa shape index (κ1) is 17.3. The van der Waals surface area contributed by atoms with Gasteiger partial charge in [0.25, 0.3) is 0 Å². The molecule has 0 saturated carbocycles. The van der Waals surface area contributed by atoms with E-state index in [0.717, 1.165) is 25.2 Å². The number of hydrogen-bond donors (Lipinski definition) is 3. The second-order valence-electron chi connectivity index (χ2n) is 6.24. The molecule has 1 aliphatic rings. The number of aryl methyl sites for hydroxylation is 1. The molecule has 3 N–H and O–H groups in total. The van der Waals surface area contributed by atoms with E-state index >= 15 is 0 Å². The molecule has 1 aromatic rings. The maximum Gasteiger partial charge on any atom is 0.216 e. The van der Waals surface area contributed by atoms with E-state index in [0.29, 0.717) is 25.2 Å². The molecule has 1 unspecified atom stereocenters. The number of amides is 1. The number of fused-ring (bicyclic) bond motifs is 1. The van der Waals surface area contributed by atoms with Gasteiger partial charge in [-0.3, -0.25) is 14.5 Å². The number of rotatable bonds is 5. The van der Waals surface area contributed by atoms with Crippen LogP contribution in [0.25, 0.3) is 0 Å². The minimum Gasteiger partial charge on any atom is -0.355 e. The summed E-state index contributed by atoms with van der Waals surface area (Å²) < 4.78 is 2.05. The van der Waals surface area contributed by atoms with Gasteiger partial charge >= 0.3 is 0 Å². The third kappa shape index (κ3) is 4.97. The third-order valence-electron chi connectivity index (χ3n) is 3.98. The van der Waals surface area contributed by atoms with E-state index in [-0.39, 0.29) is 5.91 Å². The predicted octanol–water partition coefficient (Wildman–Crippen LogP) is 0.622. The van der Waals surface area contributed by atoms with Gasteiger partial charge in [0.05, 0.1) is 5.69 Å². The second-order valence-corrected chi connectivity index (χ2v) is 6.24. The summed E-state index contributed by atoms with van der Waals surface area (Å²) in [6.07, 6.45) is 5.21. The standard InChI is InChI=1S/C16H28N6O/c1-11(2)22-10-13-5-6-14(9-15(13)21-22)20-16(17-4)19-8-7-18-12(3)23/h10-11,14H,5-9H2,1-4H3,(H,18,23)(H2,17,19,20). The highest BCUT2D eigenvalue weighted by Gasteiger charge is 2.22. The molecule has 0 saturated heterocycles. The van der Waals surface area contributed by atoms with Gasteiger partial charge in [0.2, 0.25) is 5.91 Å². The zero-order valence-corrected chi connectivity index (χ0v) is 14.5. The maximum atomic E-state index is 10.8. The molecule has 23 heavy (non-hydrogen) atoms. The quantitative estimate of drug-likeness (QED) is 0.422. The second kappa shape index (κ2) is 7.99. The van der Waals surface area contributed by atoms with E-state index in [1.54, 1.807) is 7.05 Å². The lowest BCUT2D eigenvalue weighted by Gasteiger charge is -2.24. The van der Waals surface area contributed by atoms with Crippen LogP contribution < -0.4 is 16.0 Å². The molecule has 0 bridgehead atoms. The van der Waals surface area contributed by atoms with Crippen molar-refractivity contribution in [1.29, 1.82) is 0 Å². The number of aliphatic imine (C=N–C) groups is 1. The molecular formula is C16H28N6O. The van der Waals surface area contributed by atoms with Gasteiger partial charge in [-0.2, -0.15) is 5.10 Å². The highest BCUT2D eigenvalue weighted by Crippen LogP contribution is 2.21. The summed E-state index contributed by atoms with van der Waals surface area (Å²) in [5, 5.41) is 14.1. The van der Waals surface area contributed by atoms with Gasteiger partial charge in [0.1, 0.15) is 0 Å². The van der Waals surface area contributed by atoms with E-state index < -0.39 is 0 Å².